The molecule has 2 saturated heterocycles. The molecule has 2 aliphatic rings. The Morgan fingerprint density at radius 2 is 1.72 bits per heavy atom. The van der Waals surface area contributed by atoms with E-state index in [4.69, 9.17) is 9.47 Å². The van der Waals surface area contributed by atoms with Gasteiger partial charge in [0, 0.05) is 32.7 Å². The van der Waals surface area contributed by atoms with Gasteiger partial charge in [-0.05, 0) is 30.5 Å². The lowest BCUT2D eigenvalue weighted by molar-refractivity contribution is -0.139. The maximum atomic E-state index is 12.9. The average molecular weight is 404 g/mol. The van der Waals surface area contributed by atoms with Crippen molar-refractivity contribution in [2.75, 3.05) is 40.4 Å². The van der Waals surface area contributed by atoms with E-state index < -0.39 is 6.04 Å². The fraction of sp³-hybridized carbons (Fsp3) is 0.636. The normalized spacial score (nSPS) is 21.1. The Morgan fingerprint density at radius 3 is 2.41 bits per heavy atom. The number of likely N-dealkylation sites (tertiary alicyclic amines) is 1. The number of hydrogen-bond donors (Lipinski definition) is 1. The summed E-state index contributed by atoms with van der Waals surface area (Å²) >= 11 is 0. The summed E-state index contributed by atoms with van der Waals surface area (Å²) in [4.78, 5) is 29.6. The van der Waals surface area contributed by atoms with Crippen LogP contribution < -0.4 is 14.8 Å². The van der Waals surface area contributed by atoms with Crippen LogP contribution in [0.2, 0.25) is 0 Å². The zero-order valence-electron chi connectivity index (χ0n) is 17.6. The summed E-state index contributed by atoms with van der Waals surface area (Å²) in [6, 6.07) is 5.35. The van der Waals surface area contributed by atoms with Crippen LogP contribution in [0.5, 0.6) is 11.5 Å². The Kier molecular flexibility index (Phi) is 7.75. The summed E-state index contributed by atoms with van der Waals surface area (Å²) in [6.45, 7) is 3.52. The molecule has 2 heterocycles. The number of nitrogens with one attached hydrogen (secondary N) is 1. The number of carbonyl (C=O) groups is 2. The Labute approximate surface area is 173 Å². The number of nitrogens with zero attached hydrogens (tertiary/aromatic N) is 2. The highest BCUT2D eigenvalue weighted by atomic mass is 16.5. The monoisotopic (exact) mass is 403 g/mol. The van der Waals surface area contributed by atoms with Gasteiger partial charge in [0.2, 0.25) is 11.8 Å². The minimum Gasteiger partial charge on any atom is -0.493 e. The second kappa shape index (κ2) is 10.5. The number of ether oxygens (including phenoxy) is 2. The summed E-state index contributed by atoms with van der Waals surface area (Å²) in [5.74, 6) is 1.37. The number of hydrogen-bond acceptors (Lipinski definition) is 5. The van der Waals surface area contributed by atoms with Gasteiger partial charge in [-0.25, -0.2) is 0 Å². The number of piperazine rings is 1. The molecule has 7 nitrogen and oxygen atoms in total. The predicted octanol–water partition coefficient (Wildman–Crippen LogP) is 2.19. The summed E-state index contributed by atoms with van der Waals surface area (Å²) in [5.41, 5.74) is 1.03. The smallest absolute Gasteiger partial charge is 0.237 e. The molecule has 29 heavy (non-hydrogen) atoms. The second-order valence-electron chi connectivity index (χ2n) is 7.82. The molecule has 0 aromatic heterocycles. The first-order valence-corrected chi connectivity index (χ1v) is 10.6. The van der Waals surface area contributed by atoms with Crippen LogP contribution >= 0.6 is 0 Å². The fourth-order valence-electron chi connectivity index (χ4n) is 4.18. The van der Waals surface area contributed by atoms with Gasteiger partial charge in [0.25, 0.3) is 0 Å². The van der Waals surface area contributed by atoms with Gasteiger partial charge in [0.05, 0.1) is 26.7 Å². The highest BCUT2D eigenvalue weighted by Crippen LogP contribution is 2.28. The lowest BCUT2D eigenvalue weighted by Crippen LogP contribution is -2.56. The quantitative estimate of drug-likeness (QED) is 0.788. The van der Waals surface area contributed by atoms with Crippen LogP contribution in [0.25, 0.3) is 0 Å². The molecule has 2 fully saturated rings. The fourth-order valence-corrected chi connectivity index (χ4v) is 4.18. The Bertz CT molecular complexity index is 701. The van der Waals surface area contributed by atoms with Gasteiger partial charge in [-0.15, -0.1) is 0 Å². The Balaban J connectivity index is 1.68. The van der Waals surface area contributed by atoms with Crippen molar-refractivity contribution in [2.24, 2.45) is 0 Å². The topological polar surface area (TPSA) is 71.1 Å². The second-order valence-corrected chi connectivity index (χ2v) is 7.82. The number of rotatable bonds is 6. The van der Waals surface area contributed by atoms with E-state index in [0.29, 0.717) is 24.6 Å². The summed E-state index contributed by atoms with van der Waals surface area (Å²) in [5, 5.41) is 2.92. The van der Waals surface area contributed by atoms with Gasteiger partial charge >= 0.3 is 0 Å². The molecule has 160 valence electrons. The van der Waals surface area contributed by atoms with E-state index in [1.165, 1.54) is 19.3 Å². The van der Waals surface area contributed by atoms with Crippen molar-refractivity contribution >= 4 is 11.8 Å². The molecule has 0 spiro atoms. The molecule has 1 N–H and O–H groups in total. The van der Waals surface area contributed by atoms with Crippen LogP contribution in [0.15, 0.2) is 18.2 Å². The molecule has 1 unspecified atom stereocenters. The van der Waals surface area contributed by atoms with Crippen LogP contribution in [0.3, 0.4) is 0 Å². The van der Waals surface area contributed by atoms with Gasteiger partial charge in [0.15, 0.2) is 11.5 Å². The van der Waals surface area contributed by atoms with E-state index in [0.717, 1.165) is 38.0 Å². The van der Waals surface area contributed by atoms with Crippen LogP contribution in [0.4, 0.5) is 0 Å². The number of amides is 2. The predicted molar refractivity (Wildman–Crippen MR) is 111 cm³/mol. The van der Waals surface area contributed by atoms with Crippen LogP contribution in [0.1, 0.15) is 44.1 Å². The summed E-state index contributed by atoms with van der Waals surface area (Å²) in [6.07, 6.45) is 5.96. The van der Waals surface area contributed by atoms with E-state index in [2.05, 4.69) is 10.2 Å². The van der Waals surface area contributed by atoms with Crippen LogP contribution in [-0.2, 0) is 16.1 Å². The van der Waals surface area contributed by atoms with E-state index in [9.17, 15) is 9.59 Å². The van der Waals surface area contributed by atoms with Crippen LogP contribution in [-0.4, -0.2) is 68.1 Å². The molecule has 1 aromatic carbocycles. The molecule has 2 aliphatic heterocycles. The standard InChI is InChI=1S/C22H33N3O4/c1-28-19-9-8-17(14-20(19)29-2)16-25-13-10-23-22(27)18(25)15-21(26)24-11-6-4-3-5-7-12-24/h8-9,14,18H,3-7,10-13,15-16H2,1-2H3,(H,23,27). The minimum atomic E-state index is -0.435. The number of carbonyl (C=O) groups excluding carboxylic acids is 2. The Morgan fingerprint density at radius 1 is 1.03 bits per heavy atom. The first kappa shape index (κ1) is 21.4. The highest BCUT2D eigenvalue weighted by molar-refractivity contribution is 5.88. The number of methoxy groups -OCH3 is 2. The van der Waals surface area contributed by atoms with E-state index in [1.54, 1.807) is 14.2 Å². The third kappa shape index (κ3) is 5.63. The largest absolute Gasteiger partial charge is 0.493 e. The van der Waals surface area contributed by atoms with Crippen molar-refractivity contribution in [1.82, 2.24) is 15.1 Å². The molecule has 7 heteroatoms. The molecule has 0 bridgehead atoms. The minimum absolute atomic E-state index is 0.0582. The molecule has 0 aliphatic carbocycles. The maximum Gasteiger partial charge on any atom is 0.237 e. The lowest BCUT2D eigenvalue weighted by atomic mass is 10.0. The van der Waals surface area contributed by atoms with Crippen molar-refractivity contribution < 1.29 is 19.1 Å². The van der Waals surface area contributed by atoms with Crippen molar-refractivity contribution in [1.29, 1.82) is 0 Å². The third-order valence-electron chi connectivity index (χ3n) is 5.85. The highest BCUT2D eigenvalue weighted by Gasteiger charge is 2.33. The maximum absolute atomic E-state index is 12.9. The zero-order valence-corrected chi connectivity index (χ0v) is 17.6. The van der Waals surface area contributed by atoms with Crippen molar-refractivity contribution in [3.05, 3.63) is 23.8 Å². The molecule has 0 saturated carbocycles. The van der Waals surface area contributed by atoms with Gasteiger partial charge < -0.3 is 19.7 Å². The molecule has 1 aromatic rings. The van der Waals surface area contributed by atoms with Gasteiger partial charge in [-0.3, -0.25) is 14.5 Å². The third-order valence-corrected chi connectivity index (χ3v) is 5.85. The van der Waals surface area contributed by atoms with E-state index in [-0.39, 0.29) is 18.2 Å². The summed E-state index contributed by atoms with van der Waals surface area (Å²) < 4.78 is 10.7. The average Bonchev–Trinajstić information content (AvgIpc) is 2.70. The first-order valence-electron chi connectivity index (χ1n) is 10.6. The lowest BCUT2D eigenvalue weighted by Gasteiger charge is -2.36. The zero-order chi connectivity index (χ0) is 20.6. The van der Waals surface area contributed by atoms with Gasteiger partial charge in [-0.2, -0.15) is 0 Å². The Hall–Kier alpha value is -2.28. The first-order chi connectivity index (χ1) is 14.1. The van der Waals surface area contributed by atoms with E-state index >= 15 is 0 Å². The van der Waals surface area contributed by atoms with E-state index in [1.807, 2.05) is 23.1 Å². The SMILES string of the molecule is COc1ccc(CN2CCNC(=O)C2CC(=O)N2CCCCCCC2)cc1OC. The van der Waals surface area contributed by atoms with Crippen LogP contribution in [0, 0.1) is 0 Å². The number of benzene rings is 1. The van der Waals surface area contributed by atoms with Gasteiger partial charge in [-0.1, -0.05) is 25.3 Å². The van der Waals surface area contributed by atoms with Crippen molar-refractivity contribution in [2.45, 2.75) is 51.1 Å². The molecule has 3 rings (SSSR count). The molecule has 0 radical (unpaired) electrons. The molecule has 1 atom stereocenters. The summed E-state index contributed by atoms with van der Waals surface area (Å²) in [7, 11) is 3.22. The molecule has 2 amide bonds. The van der Waals surface area contributed by atoms with Crippen molar-refractivity contribution in [3.63, 3.8) is 0 Å². The molecular formula is C22H33N3O4. The van der Waals surface area contributed by atoms with Gasteiger partial charge in [0.1, 0.15) is 0 Å². The molecular weight excluding hydrogens is 370 g/mol. The van der Waals surface area contributed by atoms with Crippen molar-refractivity contribution in [3.8, 4) is 11.5 Å².